The maximum absolute atomic E-state index is 8.10. The summed E-state index contributed by atoms with van der Waals surface area (Å²) in [6, 6.07) is 5.71. The second-order valence-electron chi connectivity index (χ2n) is 2.90. The molecule has 1 aromatic heterocycles. The maximum Gasteiger partial charge on any atom is 0.181 e. The zero-order valence-electron chi connectivity index (χ0n) is 8.21. The normalized spacial score (nSPS) is 9.25. The van der Waals surface area contributed by atoms with Crippen LogP contribution in [-0.2, 0) is 0 Å². The Kier molecular flexibility index (Phi) is 2.92. The number of nitrogens with zero attached hydrogens (tertiary/aromatic N) is 4. The quantitative estimate of drug-likeness (QED) is 0.352. The second-order valence-corrected chi connectivity index (χ2v) is 3.96. The second kappa shape index (κ2) is 4.53. The first-order valence-electron chi connectivity index (χ1n) is 4.46. The van der Waals surface area contributed by atoms with E-state index < -0.39 is 0 Å². The lowest BCUT2D eigenvalue weighted by molar-refractivity contribution is 1.25. The number of rotatable bonds is 1. The van der Waals surface area contributed by atoms with Gasteiger partial charge in [-0.05, 0) is 17.7 Å². The number of hydrogen-bond donors (Lipinski definition) is 1. The van der Waals surface area contributed by atoms with E-state index in [1.807, 2.05) is 18.2 Å². The molecule has 0 bridgehead atoms. The summed E-state index contributed by atoms with van der Waals surface area (Å²) < 4.78 is 1.01. The number of nitrogens with two attached hydrogens (primary N) is 1. The van der Waals surface area contributed by atoms with Crippen molar-refractivity contribution in [1.29, 1.82) is 0 Å². The Morgan fingerprint density at radius 2 is 2.44 bits per heavy atom. The van der Waals surface area contributed by atoms with Gasteiger partial charge in [-0.15, -0.1) is 0 Å². The molecule has 1 aromatic carbocycles. The van der Waals surface area contributed by atoms with Crippen LogP contribution in [0.25, 0.3) is 20.7 Å². The standard InChI is InChI=1S/C10H7N5S/c11-10-14-9-7(4-2-6-13-15-12)3-1-5-8(9)16-10/h1,3,5H,6H2,(H2,11,14). The molecule has 0 aliphatic carbocycles. The van der Waals surface area contributed by atoms with E-state index in [0.29, 0.717) is 5.13 Å². The molecule has 6 heteroatoms. The van der Waals surface area contributed by atoms with Crippen molar-refractivity contribution in [3.8, 4) is 11.8 Å². The highest BCUT2D eigenvalue weighted by molar-refractivity contribution is 7.22. The summed E-state index contributed by atoms with van der Waals surface area (Å²) in [5.74, 6) is 5.67. The van der Waals surface area contributed by atoms with Crippen LogP contribution in [0.15, 0.2) is 23.3 Å². The predicted octanol–water partition coefficient (Wildman–Crippen LogP) is 2.54. The van der Waals surface area contributed by atoms with Crippen LogP contribution in [0.1, 0.15) is 5.56 Å². The molecule has 0 aliphatic rings. The van der Waals surface area contributed by atoms with E-state index in [1.54, 1.807) is 0 Å². The molecule has 0 aliphatic heterocycles. The Balaban J connectivity index is 2.42. The third-order valence-corrected chi connectivity index (χ3v) is 2.72. The molecular weight excluding hydrogens is 222 g/mol. The minimum absolute atomic E-state index is 0.159. The molecule has 0 saturated heterocycles. The van der Waals surface area contributed by atoms with E-state index in [2.05, 4.69) is 26.9 Å². The molecule has 0 fully saturated rings. The molecule has 0 atom stereocenters. The molecular formula is C10H7N5S. The van der Waals surface area contributed by atoms with Crippen molar-refractivity contribution in [3.63, 3.8) is 0 Å². The third-order valence-electron chi connectivity index (χ3n) is 1.87. The van der Waals surface area contributed by atoms with Gasteiger partial charge in [0.25, 0.3) is 0 Å². The topological polar surface area (TPSA) is 87.7 Å². The molecule has 2 N–H and O–H groups in total. The maximum atomic E-state index is 8.10. The first kappa shape index (κ1) is 10.3. The number of benzene rings is 1. The summed E-state index contributed by atoms with van der Waals surface area (Å²) in [4.78, 5) is 6.82. The van der Waals surface area contributed by atoms with Crippen molar-refractivity contribution >= 4 is 26.7 Å². The summed E-state index contributed by atoms with van der Waals surface area (Å²) in [6.07, 6.45) is 0. The van der Waals surface area contributed by atoms with Crippen LogP contribution in [0.3, 0.4) is 0 Å². The van der Waals surface area contributed by atoms with E-state index in [-0.39, 0.29) is 6.54 Å². The summed E-state index contributed by atoms with van der Waals surface area (Å²) >= 11 is 1.43. The molecule has 2 aromatic rings. The molecule has 0 amide bonds. The van der Waals surface area contributed by atoms with Gasteiger partial charge < -0.3 is 5.73 Å². The van der Waals surface area contributed by atoms with E-state index >= 15 is 0 Å². The predicted molar refractivity (Wildman–Crippen MR) is 64.9 cm³/mol. The SMILES string of the molecule is [N-]=[N+]=NCC#Cc1cccc2sc(N)nc12. The van der Waals surface area contributed by atoms with Crippen LogP contribution in [-0.4, -0.2) is 11.5 Å². The number of aromatic nitrogens is 1. The van der Waals surface area contributed by atoms with Crippen LogP contribution >= 0.6 is 11.3 Å². The monoisotopic (exact) mass is 229 g/mol. The van der Waals surface area contributed by atoms with E-state index in [0.717, 1.165) is 15.8 Å². The Morgan fingerprint density at radius 3 is 3.25 bits per heavy atom. The van der Waals surface area contributed by atoms with Crippen molar-refractivity contribution in [2.75, 3.05) is 12.3 Å². The van der Waals surface area contributed by atoms with Crippen LogP contribution < -0.4 is 5.73 Å². The Labute approximate surface area is 95.5 Å². The lowest BCUT2D eigenvalue weighted by Crippen LogP contribution is -1.82. The molecule has 0 spiro atoms. The lowest BCUT2D eigenvalue weighted by atomic mass is 10.2. The third kappa shape index (κ3) is 2.06. The van der Waals surface area contributed by atoms with Crippen molar-refractivity contribution in [3.05, 3.63) is 34.2 Å². The van der Waals surface area contributed by atoms with Crippen molar-refractivity contribution in [2.45, 2.75) is 0 Å². The Morgan fingerprint density at radius 1 is 1.56 bits per heavy atom. The van der Waals surface area contributed by atoms with Gasteiger partial charge in [-0.2, -0.15) is 0 Å². The van der Waals surface area contributed by atoms with E-state index in [1.165, 1.54) is 11.3 Å². The van der Waals surface area contributed by atoms with Crippen molar-refractivity contribution < 1.29 is 0 Å². The summed E-state index contributed by atoms with van der Waals surface area (Å²) in [5.41, 5.74) is 15.3. The fourth-order valence-corrected chi connectivity index (χ4v) is 2.03. The highest BCUT2D eigenvalue weighted by Crippen LogP contribution is 2.25. The first-order chi connectivity index (χ1) is 7.81. The average Bonchev–Trinajstić information content (AvgIpc) is 2.65. The molecule has 0 saturated carbocycles. The number of hydrogen-bond acceptors (Lipinski definition) is 4. The molecule has 16 heavy (non-hydrogen) atoms. The van der Waals surface area contributed by atoms with Gasteiger partial charge >= 0.3 is 0 Å². The number of thiazole rings is 1. The van der Waals surface area contributed by atoms with Gasteiger partial charge in [0.05, 0.1) is 22.3 Å². The lowest BCUT2D eigenvalue weighted by Gasteiger charge is -1.90. The fourth-order valence-electron chi connectivity index (χ4n) is 1.27. The highest BCUT2D eigenvalue weighted by atomic mass is 32.1. The van der Waals surface area contributed by atoms with Gasteiger partial charge in [-0.1, -0.05) is 34.4 Å². The number of fused-ring (bicyclic) bond motifs is 1. The van der Waals surface area contributed by atoms with Gasteiger partial charge in [0.1, 0.15) is 0 Å². The first-order valence-corrected chi connectivity index (χ1v) is 5.27. The van der Waals surface area contributed by atoms with E-state index in [4.69, 9.17) is 11.3 Å². The fraction of sp³-hybridized carbons (Fsp3) is 0.100. The van der Waals surface area contributed by atoms with Crippen LogP contribution in [0.5, 0.6) is 0 Å². The van der Waals surface area contributed by atoms with E-state index in [9.17, 15) is 0 Å². The molecule has 2 rings (SSSR count). The average molecular weight is 229 g/mol. The van der Waals surface area contributed by atoms with Crippen LogP contribution in [0.4, 0.5) is 5.13 Å². The van der Waals surface area contributed by atoms with Crippen LogP contribution in [0.2, 0.25) is 0 Å². The Hall–Kier alpha value is -2.22. The molecule has 0 radical (unpaired) electrons. The molecule has 1 heterocycles. The molecule has 0 unspecified atom stereocenters. The number of azide groups is 1. The zero-order valence-corrected chi connectivity index (χ0v) is 9.03. The van der Waals surface area contributed by atoms with Gasteiger partial charge in [0, 0.05) is 4.91 Å². The number of para-hydroxylation sites is 1. The van der Waals surface area contributed by atoms with Gasteiger partial charge in [-0.3, -0.25) is 0 Å². The molecule has 5 nitrogen and oxygen atoms in total. The van der Waals surface area contributed by atoms with Crippen molar-refractivity contribution in [1.82, 2.24) is 4.98 Å². The highest BCUT2D eigenvalue weighted by Gasteiger charge is 2.03. The number of nitrogen functional groups attached to an aromatic ring is 1. The van der Waals surface area contributed by atoms with Crippen LogP contribution in [0, 0.1) is 11.8 Å². The summed E-state index contributed by atoms with van der Waals surface area (Å²) in [5, 5.41) is 3.86. The minimum atomic E-state index is 0.159. The van der Waals surface area contributed by atoms with Gasteiger partial charge in [0.15, 0.2) is 5.13 Å². The zero-order chi connectivity index (χ0) is 11.4. The van der Waals surface area contributed by atoms with Gasteiger partial charge in [-0.25, -0.2) is 4.98 Å². The van der Waals surface area contributed by atoms with Crippen molar-refractivity contribution in [2.24, 2.45) is 5.11 Å². The summed E-state index contributed by atoms with van der Waals surface area (Å²) in [6.45, 7) is 0.159. The van der Waals surface area contributed by atoms with Gasteiger partial charge in [0.2, 0.25) is 0 Å². The largest absolute Gasteiger partial charge is 0.375 e. The summed E-state index contributed by atoms with van der Waals surface area (Å²) in [7, 11) is 0. The Bertz CT molecular complexity index is 627. The molecule has 78 valence electrons. The smallest absolute Gasteiger partial charge is 0.181 e. The number of anilines is 1. The minimum Gasteiger partial charge on any atom is -0.375 e.